The topological polar surface area (TPSA) is 37.4 Å². The second-order valence-electron chi connectivity index (χ2n) is 7.48. The van der Waals surface area contributed by atoms with E-state index in [0.717, 1.165) is 0 Å². The molecule has 2 aromatic rings. The molecule has 1 saturated heterocycles. The first-order chi connectivity index (χ1) is 12.1. The summed E-state index contributed by atoms with van der Waals surface area (Å²) in [6, 6.07) is 19.6. The molecule has 2 aliphatic carbocycles. The normalized spacial score (nSPS) is 35.5. The second-order valence-corrected chi connectivity index (χ2v) is 7.48. The van der Waals surface area contributed by atoms with Gasteiger partial charge in [-0.1, -0.05) is 67.6 Å². The van der Waals surface area contributed by atoms with E-state index in [0.29, 0.717) is 5.69 Å². The van der Waals surface area contributed by atoms with Crippen LogP contribution in [-0.4, -0.2) is 11.8 Å². The maximum absolute atomic E-state index is 13.2. The molecule has 3 nitrogen and oxygen atoms in total. The summed E-state index contributed by atoms with van der Waals surface area (Å²) in [5.74, 6) is -0.411. The summed E-state index contributed by atoms with van der Waals surface area (Å²) in [5, 5.41) is 0. The third-order valence-corrected chi connectivity index (χ3v) is 6.49. The maximum Gasteiger partial charge on any atom is 0.238 e. The molecule has 1 saturated carbocycles. The van der Waals surface area contributed by atoms with E-state index in [-0.39, 0.29) is 40.9 Å². The monoisotopic (exact) mass is 329 g/mol. The van der Waals surface area contributed by atoms with Gasteiger partial charge in [0.05, 0.1) is 17.5 Å². The molecule has 1 aliphatic heterocycles. The molecule has 5 rings (SSSR count). The third kappa shape index (κ3) is 1.70. The molecule has 0 N–H and O–H groups in total. The molecule has 2 bridgehead atoms. The van der Waals surface area contributed by atoms with Gasteiger partial charge in [0.25, 0.3) is 0 Å². The summed E-state index contributed by atoms with van der Waals surface area (Å²) >= 11 is 0. The van der Waals surface area contributed by atoms with Crippen LogP contribution in [0.15, 0.2) is 72.8 Å². The van der Waals surface area contributed by atoms with E-state index in [9.17, 15) is 9.59 Å². The molecule has 3 aliphatic rings. The summed E-state index contributed by atoms with van der Waals surface area (Å²) in [6.07, 6.45) is 4.33. The zero-order valence-corrected chi connectivity index (χ0v) is 14.0. The molecular weight excluding hydrogens is 310 g/mol. The van der Waals surface area contributed by atoms with Gasteiger partial charge in [-0.2, -0.15) is 0 Å². The van der Waals surface area contributed by atoms with Gasteiger partial charge in [0.2, 0.25) is 11.8 Å². The summed E-state index contributed by atoms with van der Waals surface area (Å²) in [5.41, 5.74) is 1.73. The Labute approximate surface area is 147 Å². The van der Waals surface area contributed by atoms with Crippen molar-refractivity contribution in [3.63, 3.8) is 0 Å². The van der Waals surface area contributed by atoms with Crippen LogP contribution in [0, 0.1) is 23.7 Å². The summed E-state index contributed by atoms with van der Waals surface area (Å²) in [7, 11) is 0. The Balaban J connectivity index is 1.59. The minimum atomic E-state index is -0.243. The first-order valence-corrected chi connectivity index (χ1v) is 8.81. The van der Waals surface area contributed by atoms with Gasteiger partial charge in [0, 0.05) is 5.41 Å². The van der Waals surface area contributed by atoms with Crippen LogP contribution in [0.1, 0.15) is 12.5 Å². The number of hydrogen-bond donors (Lipinski definition) is 0. The Morgan fingerprint density at radius 3 is 1.76 bits per heavy atom. The van der Waals surface area contributed by atoms with Gasteiger partial charge in [-0.3, -0.25) is 14.5 Å². The molecule has 0 aromatic heterocycles. The van der Waals surface area contributed by atoms with E-state index < -0.39 is 0 Å². The van der Waals surface area contributed by atoms with Crippen LogP contribution < -0.4 is 4.90 Å². The first kappa shape index (κ1) is 14.6. The van der Waals surface area contributed by atoms with Crippen molar-refractivity contribution >= 4 is 17.5 Å². The highest BCUT2D eigenvalue weighted by molar-refractivity contribution is 6.23. The molecule has 5 atom stereocenters. The van der Waals surface area contributed by atoms with Gasteiger partial charge in [-0.25, -0.2) is 0 Å². The molecular formula is C22H19NO2. The number of hydrogen-bond acceptors (Lipinski definition) is 2. The highest BCUT2D eigenvalue weighted by atomic mass is 16.2. The van der Waals surface area contributed by atoms with Crippen LogP contribution in [0.5, 0.6) is 0 Å². The van der Waals surface area contributed by atoms with Crippen LogP contribution in [0.2, 0.25) is 0 Å². The number of para-hydroxylation sites is 1. The fourth-order valence-corrected chi connectivity index (χ4v) is 5.33. The van der Waals surface area contributed by atoms with E-state index in [4.69, 9.17) is 0 Å². The molecule has 1 unspecified atom stereocenters. The average molecular weight is 329 g/mol. The Bertz CT molecular complexity index is 855. The standard InChI is InChI=1S/C22H19NO2/c1-22(14-8-4-2-5-9-14)16-12-13-17(22)19-18(16)20(24)23(21(19)25)15-10-6-3-7-11-15/h2-13,16-19H,1H3/t16-,17+,18-,19+,22?. The zero-order chi connectivity index (χ0) is 17.2. The summed E-state index contributed by atoms with van der Waals surface area (Å²) in [4.78, 5) is 27.8. The van der Waals surface area contributed by atoms with E-state index in [1.807, 2.05) is 48.5 Å². The molecule has 124 valence electrons. The van der Waals surface area contributed by atoms with Gasteiger partial charge in [0.15, 0.2) is 0 Å². The van der Waals surface area contributed by atoms with Gasteiger partial charge in [-0.05, 0) is 29.5 Å². The van der Waals surface area contributed by atoms with Crippen molar-refractivity contribution in [3.8, 4) is 0 Å². The number of nitrogens with zero attached hydrogens (tertiary/aromatic N) is 1. The van der Waals surface area contributed by atoms with Crippen molar-refractivity contribution < 1.29 is 9.59 Å². The van der Waals surface area contributed by atoms with Crippen molar-refractivity contribution in [2.45, 2.75) is 12.3 Å². The summed E-state index contributed by atoms with van der Waals surface area (Å²) in [6.45, 7) is 2.21. The van der Waals surface area contributed by atoms with Crippen LogP contribution in [0.4, 0.5) is 5.69 Å². The minimum absolute atomic E-state index is 0.0415. The number of anilines is 1. The predicted octanol–water partition coefficient (Wildman–Crippen LogP) is 3.57. The van der Waals surface area contributed by atoms with Crippen LogP contribution in [-0.2, 0) is 15.0 Å². The molecule has 0 spiro atoms. The molecule has 2 aromatic carbocycles. The van der Waals surface area contributed by atoms with Crippen LogP contribution in [0.3, 0.4) is 0 Å². The van der Waals surface area contributed by atoms with Crippen molar-refractivity contribution in [2.75, 3.05) is 4.90 Å². The minimum Gasteiger partial charge on any atom is -0.274 e. The Kier molecular flexibility index (Phi) is 2.88. The molecule has 1 heterocycles. The largest absolute Gasteiger partial charge is 0.274 e. The molecule has 2 fully saturated rings. The molecule has 2 amide bonds. The number of carbonyl (C=O) groups is 2. The fourth-order valence-electron chi connectivity index (χ4n) is 5.33. The molecule has 0 radical (unpaired) electrons. The second kappa shape index (κ2) is 4.92. The lowest BCUT2D eigenvalue weighted by atomic mass is 9.71. The lowest BCUT2D eigenvalue weighted by Crippen LogP contribution is -2.39. The Hall–Kier alpha value is -2.68. The maximum atomic E-state index is 13.2. The van der Waals surface area contributed by atoms with Crippen molar-refractivity contribution in [2.24, 2.45) is 23.7 Å². The lowest BCUT2D eigenvalue weighted by molar-refractivity contribution is -0.123. The highest BCUT2D eigenvalue weighted by Gasteiger charge is 2.68. The smallest absolute Gasteiger partial charge is 0.238 e. The van der Waals surface area contributed by atoms with Crippen molar-refractivity contribution in [3.05, 3.63) is 78.4 Å². The van der Waals surface area contributed by atoms with Gasteiger partial charge in [-0.15, -0.1) is 0 Å². The van der Waals surface area contributed by atoms with E-state index in [2.05, 4.69) is 31.2 Å². The first-order valence-electron chi connectivity index (χ1n) is 8.81. The number of benzene rings is 2. The van der Waals surface area contributed by atoms with Crippen molar-refractivity contribution in [1.82, 2.24) is 0 Å². The van der Waals surface area contributed by atoms with Gasteiger partial charge >= 0.3 is 0 Å². The number of allylic oxidation sites excluding steroid dienone is 2. The van der Waals surface area contributed by atoms with Crippen LogP contribution >= 0.6 is 0 Å². The van der Waals surface area contributed by atoms with E-state index in [1.165, 1.54) is 10.5 Å². The van der Waals surface area contributed by atoms with Gasteiger partial charge in [0.1, 0.15) is 0 Å². The number of carbonyl (C=O) groups excluding carboxylic acids is 2. The number of fused-ring (bicyclic) bond motifs is 5. The van der Waals surface area contributed by atoms with Crippen LogP contribution in [0.25, 0.3) is 0 Å². The summed E-state index contributed by atoms with van der Waals surface area (Å²) < 4.78 is 0. The Morgan fingerprint density at radius 2 is 1.24 bits per heavy atom. The van der Waals surface area contributed by atoms with E-state index >= 15 is 0 Å². The van der Waals surface area contributed by atoms with Crippen molar-refractivity contribution in [1.29, 1.82) is 0 Å². The van der Waals surface area contributed by atoms with Gasteiger partial charge < -0.3 is 0 Å². The lowest BCUT2D eigenvalue weighted by Gasteiger charge is -2.33. The third-order valence-electron chi connectivity index (χ3n) is 6.49. The number of rotatable bonds is 2. The fraction of sp³-hybridized carbons (Fsp3) is 0.273. The quantitative estimate of drug-likeness (QED) is 0.624. The zero-order valence-electron chi connectivity index (χ0n) is 14.0. The highest BCUT2D eigenvalue weighted by Crippen LogP contribution is 2.63. The average Bonchev–Trinajstić information content (AvgIpc) is 3.22. The predicted molar refractivity (Wildman–Crippen MR) is 95.8 cm³/mol. The number of imide groups is 1. The molecule has 3 heteroatoms. The molecule has 25 heavy (non-hydrogen) atoms. The number of amides is 2. The van der Waals surface area contributed by atoms with E-state index in [1.54, 1.807) is 0 Å². The Morgan fingerprint density at radius 1 is 0.760 bits per heavy atom. The SMILES string of the molecule is CC1(c2ccccc2)[C@@H]2C=C[C@H]1[C@@H]1C(=O)N(c3ccccc3)C(=O)[C@@H]12.